The fourth-order valence-corrected chi connectivity index (χ4v) is 1.79. The maximum Gasteiger partial charge on any atom is 0.172 e. The third-order valence-corrected chi connectivity index (χ3v) is 2.83. The Hall–Kier alpha value is -1.96. The standard InChI is InChI=1S/C15H13FO/c1-11(12-7-3-2-4-8-12)15(17)13-9-5-6-10-14(13)16/h2-11H,1H3/t11-/m1/s1. The van der Waals surface area contributed by atoms with Gasteiger partial charge in [-0.2, -0.15) is 0 Å². The van der Waals surface area contributed by atoms with Crippen LogP contribution in [0, 0.1) is 5.82 Å². The van der Waals surface area contributed by atoms with Crippen LogP contribution in [0.2, 0.25) is 0 Å². The smallest absolute Gasteiger partial charge is 0.172 e. The van der Waals surface area contributed by atoms with Crippen molar-refractivity contribution in [3.05, 3.63) is 71.5 Å². The number of Topliss-reactive ketones (excluding diaryl/α,β-unsaturated/α-hetero) is 1. The zero-order valence-electron chi connectivity index (χ0n) is 9.56. The summed E-state index contributed by atoms with van der Waals surface area (Å²) in [5.74, 6) is -0.970. The normalized spacial score (nSPS) is 12.1. The molecule has 2 aromatic rings. The van der Waals surface area contributed by atoms with Gasteiger partial charge in [0.15, 0.2) is 5.78 Å². The molecule has 0 saturated carbocycles. The van der Waals surface area contributed by atoms with Gasteiger partial charge in [-0.05, 0) is 17.7 Å². The van der Waals surface area contributed by atoms with E-state index in [2.05, 4.69) is 0 Å². The van der Waals surface area contributed by atoms with Gasteiger partial charge < -0.3 is 0 Å². The molecule has 17 heavy (non-hydrogen) atoms. The second-order valence-corrected chi connectivity index (χ2v) is 3.98. The highest BCUT2D eigenvalue weighted by molar-refractivity contribution is 6.00. The van der Waals surface area contributed by atoms with Gasteiger partial charge >= 0.3 is 0 Å². The number of benzene rings is 2. The third-order valence-electron chi connectivity index (χ3n) is 2.83. The quantitative estimate of drug-likeness (QED) is 0.730. The minimum atomic E-state index is -0.458. The van der Waals surface area contributed by atoms with E-state index in [1.165, 1.54) is 12.1 Å². The fourth-order valence-electron chi connectivity index (χ4n) is 1.79. The van der Waals surface area contributed by atoms with Gasteiger partial charge in [-0.25, -0.2) is 4.39 Å². The average Bonchev–Trinajstić information content (AvgIpc) is 2.39. The Morgan fingerprint density at radius 3 is 2.24 bits per heavy atom. The predicted molar refractivity (Wildman–Crippen MR) is 65.6 cm³/mol. The highest BCUT2D eigenvalue weighted by Crippen LogP contribution is 2.21. The molecule has 0 fully saturated rings. The van der Waals surface area contributed by atoms with Crippen molar-refractivity contribution in [1.29, 1.82) is 0 Å². The first-order chi connectivity index (χ1) is 8.20. The van der Waals surface area contributed by atoms with Crippen LogP contribution >= 0.6 is 0 Å². The van der Waals surface area contributed by atoms with E-state index in [0.717, 1.165) is 5.56 Å². The van der Waals surface area contributed by atoms with Gasteiger partial charge in [-0.15, -0.1) is 0 Å². The Kier molecular flexibility index (Phi) is 3.33. The summed E-state index contributed by atoms with van der Waals surface area (Å²) in [5, 5.41) is 0. The van der Waals surface area contributed by atoms with E-state index in [-0.39, 0.29) is 17.3 Å². The molecule has 0 aliphatic heterocycles. The molecule has 0 heterocycles. The van der Waals surface area contributed by atoms with E-state index in [4.69, 9.17) is 0 Å². The van der Waals surface area contributed by atoms with Crippen molar-refractivity contribution in [2.24, 2.45) is 0 Å². The zero-order chi connectivity index (χ0) is 12.3. The number of rotatable bonds is 3. The van der Waals surface area contributed by atoms with Crippen molar-refractivity contribution >= 4 is 5.78 Å². The van der Waals surface area contributed by atoms with Crippen LogP contribution in [0.15, 0.2) is 54.6 Å². The van der Waals surface area contributed by atoms with E-state index in [1.54, 1.807) is 19.1 Å². The van der Waals surface area contributed by atoms with Crippen LogP contribution in [0.4, 0.5) is 4.39 Å². The second kappa shape index (κ2) is 4.91. The summed E-state index contributed by atoms with van der Waals surface area (Å²) in [5.41, 5.74) is 1.06. The van der Waals surface area contributed by atoms with Crippen molar-refractivity contribution in [3.63, 3.8) is 0 Å². The molecule has 86 valence electrons. The minimum absolute atomic E-state index is 0.156. The Morgan fingerprint density at radius 2 is 1.59 bits per heavy atom. The predicted octanol–water partition coefficient (Wildman–Crippen LogP) is 3.81. The molecule has 0 amide bonds. The van der Waals surface area contributed by atoms with Gasteiger partial charge in [0.2, 0.25) is 0 Å². The Bertz CT molecular complexity index is 519. The number of carbonyl (C=O) groups is 1. The summed E-state index contributed by atoms with van der Waals surface area (Å²) in [6.45, 7) is 1.80. The van der Waals surface area contributed by atoms with Crippen molar-refractivity contribution in [2.75, 3.05) is 0 Å². The monoisotopic (exact) mass is 228 g/mol. The first kappa shape index (κ1) is 11.5. The molecular formula is C15H13FO. The molecule has 2 rings (SSSR count). The molecule has 0 aliphatic rings. The topological polar surface area (TPSA) is 17.1 Å². The van der Waals surface area contributed by atoms with E-state index >= 15 is 0 Å². The van der Waals surface area contributed by atoms with Crippen LogP contribution in [0.5, 0.6) is 0 Å². The Labute approximate surface area is 99.9 Å². The van der Waals surface area contributed by atoms with Crippen LogP contribution in [-0.2, 0) is 0 Å². The Morgan fingerprint density at radius 1 is 1.00 bits per heavy atom. The molecule has 0 aromatic heterocycles. The lowest BCUT2D eigenvalue weighted by atomic mass is 9.92. The first-order valence-corrected chi connectivity index (χ1v) is 5.54. The van der Waals surface area contributed by atoms with E-state index in [1.807, 2.05) is 30.3 Å². The highest BCUT2D eigenvalue weighted by Gasteiger charge is 2.19. The van der Waals surface area contributed by atoms with Gasteiger partial charge in [0.25, 0.3) is 0 Å². The molecule has 2 aromatic carbocycles. The Balaban J connectivity index is 2.30. The summed E-state index contributed by atoms with van der Waals surface area (Å²) in [6, 6.07) is 15.5. The molecule has 1 nitrogen and oxygen atoms in total. The molecule has 0 spiro atoms. The number of ketones is 1. The van der Waals surface area contributed by atoms with Crippen LogP contribution < -0.4 is 0 Å². The maximum atomic E-state index is 13.5. The number of hydrogen-bond donors (Lipinski definition) is 0. The molecule has 0 saturated heterocycles. The van der Waals surface area contributed by atoms with E-state index < -0.39 is 5.82 Å². The summed E-state index contributed by atoms with van der Waals surface area (Å²) < 4.78 is 13.5. The largest absolute Gasteiger partial charge is 0.293 e. The summed E-state index contributed by atoms with van der Waals surface area (Å²) >= 11 is 0. The van der Waals surface area contributed by atoms with Crippen LogP contribution in [0.3, 0.4) is 0 Å². The maximum absolute atomic E-state index is 13.5. The van der Waals surface area contributed by atoms with Crippen LogP contribution in [0.25, 0.3) is 0 Å². The fraction of sp³-hybridized carbons (Fsp3) is 0.133. The second-order valence-electron chi connectivity index (χ2n) is 3.98. The highest BCUT2D eigenvalue weighted by atomic mass is 19.1. The summed E-state index contributed by atoms with van der Waals surface area (Å²) in [4.78, 5) is 12.1. The van der Waals surface area contributed by atoms with Gasteiger partial charge in [-0.1, -0.05) is 49.4 Å². The molecule has 0 bridgehead atoms. The average molecular weight is 228 g/mol. The molecular weight excluding hydrogens is 215 g/mol. The van der Waals surface area contributed by atoms with Gasteiger partial charge in [-0.3, -0.25) is 4.79 Å². The van der Waals surface area contributed by atoms with Crippen LogP contribution in [-0.4, -0.2) is 5.78 Å². The van der Waals surface area contributed by atoms with Crippen molar-refractivity contribution in [3.8, 4) is 0 Å². The number of halogens is 1. The lowest BCUT2D eigenvalue weighted by Gasteiger charge is -2.11. The number of hydrogen-bond acceptors (Lipinski definition) is 1. The first-order valence-electron chi connectivity index (χ1n) is 5.54. The van der Waals surface area contributed by atoms with Crippen LogP contribution in [0.1, 0.15) is 28.8 Å². The van der Waals surface area contributed by atoms with E-state index in [0.29, 0.717) is 0 Å². The zero-order valence-corrected chi connectivity index (χ0v) is 9.56. The third kappa shape index (κ3) is 2.41. The van der Waals surface area contributed by atoms with Gasteiger partial charge in [0.1, 0.15) is 5.82 Å². The van der Waals surface area contributed by atoms with E-state index in [9.17, 15) is 9.18 Å². The van der Waals surface area contributed by atoms with Gasteiger partial charge in [0.05, 0.1) is 5.56 Å². The molecule has 0 unspecified atom stereocenters. The molecule has 1 atom stereocenters. The minimum Gasteiger partial charge on any atom is -0.293 e. The number of carbonyl (C=O) groups excluding carboxylic acids is 1. The van der Waals surface area contributed by atoms with Gasteiger partial charge in [0, 0.05) is 5.92 Å². The SMILES string of the molecule is C[C@@H](C(=O)c1ccccc1F)c1ccccc1. The molecule has 0 N–H and O–H groups in total. The summed E-state index contributed by atoms with van der Waals surface area (Å²) in [6.07, 6.45) is 0. The summed E-state index contributed by atoms with van der Waals surface area (Å²) in [7, 11) is 0. The molecule has 0 radical (unpaired) electrons. The molecule has 2 heteroatoms. The van der Waals surface area contributed by atoms with Crippen molar-refractivity contribution in [1.82, 2.24) is 0 Å². The van der Waals surface area contributed by atoms with Crippen molar-refractivity contribution < 1.29 is 9.18 Å². The lowest BCUT2D eigenvalue weighted by molar-refractivity contribution is 0.0962. The lowest BCUT2D eigenvalue weighted by Crippen LogP contribution is -2.11. The van der Waals surface area contributed by atoms with Crippen molar-refractivity contribution in [2.45, 2.75) is 12.8 Å². The molecule has 0 aliphatic carbocycles.